The van der Waals surface area contributed by atoms with Gasteiger partial charge in [0.05, 0.1) is 22.3 Å². The molecule has 0 spiro atoms. The van der Waals surface area contributed by atoms with Crippen molar-refractivity contribution in [3.63, 3.8) is 0 Å². The molecule has 3 aromatic heterocycles. The fourth-order valence-electron chi connectivity index (χ4n) is 4.31. The van der Waals surface area contributed by atoms with Crippen LogP contribution in [0.2, 0.25) is 0 Å². The van der Waals surface area contributed by atoms with Gasteiger partial charge >= 0.3 is 6.03 Å². The molecule has 0 radical (unpaired) electrons. The van der Waals surface area contributed by atoms with Crippen molar-refractivity contribution in [1.29, 1.82) is 0 Å². The molecule has 0 bridgehead atoms. The molecule has 3 N–H and O–H groups in total. The maximum absolute atomic E-state index is 13.3. The Morgan fingerprint density at radius 1 is 1.17 bits per heavy atom. The molecule has 1 aliphatic rings. The van der Waals surface area contributed by atoms with Gasteiger partial charge in [-0.25, -0.2) is 9.78 Å². The van der Waals surface area contributed by atoms with Crippen LogP contribution in [0, 0.1) is 20.8 Å². The fraction of sp³-hybridized carbons (Fsp3) is 0.240. The summed E-state index contributed by atoms with van der Waals surface area (Å²) in [6.07, 6.45) is 0. The Hall–Kier alpha value is -4.05. The van der Waals surface area contributed by atoms with Gasteiger partial charge in [-0.05, 0) is 51.0 Å². The molecule has 1 fully saturated rings. The van der Waals surface area contributed by atoms with Gasteiger partial charge in [0.1, 0.15) is 5.54 Å². The first-order valence-corrected chi connectivity index (χ1v) is 11.8. The average molecular weight is 490 g/mol. The zero-order valence-electron chi connectivity index (χ0n) is 19.6. The normalized spacial score (nSPS) is 17.5. The van der Waals surface area contributed by atoms with Gasteiger partial charge in [0.25, 0.3) is 17.5 Å². The number of rotatable bonds is 5. The largest absolute Gasteiger partial charge is 0.348 e. The maximum Gasteiger partial charge on any atom is 0.322 e. The third kappa shape index (κ3) is 3.95. The van der Waals surface area contributed by atoms with Crippen molar-refractivity contribution in [3.8, 4) is 11.3 Å². The van der Waals surface area contributed by atoms with Crippen molar-refractivity contribution >= 4 is 40.3 Å². The number of nitrogens with zero attached hydrogens (tertiary/aromatic N) is 2. The second-order valence-corrected chi connectivity index (χ2v) is 10.2. The summed E-state index contributed by atoms with van der Waals surface area (Å²) in [6.45, 7) is 7.68. The Balaban J connectivity index is 1.44. The van der Waals surface area contributed by atoms with Gasteiger partial charge in [0, 0.05) is 21.9 Å². The van der Waals surface area contributed by atoms with Crippen LogP contribution >= 0.6 is 11.3 Å². The van der Waals surface area contributed by atoms with Crippen molar-refractivity contribution in [2.75, 3.05) is 0 Å². The van der Waals surface area contributed by atoms with Crippen LogP contribution in [0.15, 0.2) is 40.9 Å². The lowest BCUT2D eigenvalue weighted by atomic mass is 9.91. The van der Waals surface area contributed by atoms with E-state index in [9.17, 15) is 14.4 Å². The van der Waals surface area contributed by atoms with E-state index in [1.807, 2.05) is 26.0 Å². The fourth-order valence-corrected chi connectivity index (χ4v) is 5.25. The van der Waals surface area contributed by atoms with Gasteiger partial charge in [-0.15, -0.1) is 11.3 Å². The molecule has 1 unspecified atom stereocenters. The standard InChI is InChI=1S/C25H23N5O4S/c1-12-8-17(14(3)35-12)19-10-18(20-13(2)30-34-22(20)27-19)21(31)26-11-15-6-5-7-16(9-15)25(4)23(32)28-24(33)29-25/h5-10H,11H2,1-4H3,(H,26,31)(H2,28,29,32,33). The summed E-state index contributed by atoms with van der Waals surface area (Å²) in [5, 5.41) is 12.4. The number of imide groups is 1. The molecule has 0 saturated carbocycles. The first-order chi connectivity index (χ1) is 16.7. The highest BCUT2D eigenvalue weighted by Gasteiger charge is 2.43. The zero-order chi connectivity index (χ0) is 24.9. The number of aromatic nitrogens is 2. The smallest absolute Gasteiger partial charge is 0.322 e. The first-order valence-electron chi connectivity index (χ1n) is 11.0. The van der Waals surface area contributed by atoms with Gasteiger partial charge in [-0.1, -0.05) is 29.4 Å². The molecule has 4 heterocycles. The highest BCUT2D eigenvalue weighted by atomic mass is 32.1. The van der Waals surface area contributed by atoms with Crippen molar-refractivity contribution in [2.24, 2.45) is 0 Å². The Morgan fingerprint density at radius 2 is 1.97 bits per heavy atom. The minimum Gasteiger partial charge on any atom is -0.348 e. The minimum absolute atomic E-state index is 0.221. The number of amides is 4. The highest BCUT2D eigenvalue weighted by molar-refractivity contribution is 7.12. The lowest BCUT2D eigenvalue weighted by molar-refractivity contribution is -0.123. The summed E-state index contributed by atoms with van der Waals surface area (Å²) in [7, 11) is 0. The maximum atomic E-state index is 13.3. The molecule has 1 aromatic carbocycles. The SMILES string of the molecule is Cc1cc(-c2cc(C(=O)NCc3cccc(C4(C)NC(=O)NC4=O)c3)c3c(C)noc3n2)c(C)s1. The van der Waals surface area contributed by atoms with Crippen LogP contribution in [-0.2, 0) is 16.9 Å². The van der Waals surface area contributed by atoms with Gasteiger partial charge in [-0.3, -0.25) is 14.9 Å². The third-order valence-electron chi connectivity index (χ3n) is 6.18. The van der Waals surface area contributed by atoms with E-state index in [-0.39, 0.29) is 12.5 Å². The monoisotopic (exact) mass is 489 g/mol. The van der Waals surface area contributed by atoms with Crippen LogP contribution < -0.4 is 16.0 Å². The van der Waals surface area contributed by atoms with Gasteiger partial charge in [0.2, 0.25) is 0 Å². The Morgan fingerprint density at radius 3 is 2.66 bits per heavy atom. The summed E-state index contributed by atoms with van der Waals surface area (Å²) in [6, 6.07) is 10.5. The molecule has 1 saturated heterocycles. The summed E-state index contributed by atoms with van der Waals surface area (Å²) < 4.78 is 5.40. The van der Waals surface area contributed by atoms with E-state index in [0.29, 0.717) is 33.6 Å². The van der Waals surface area contributed by atoms with E-state index in [1.54, 1.807) is 49.4 Å². The van der Waals surface area contributed by atoms with Gasteiger partial charge < -0.3 is 15.2 Å². The second kappa shape index (κ2) is 8.31. The molecule has 9 nitrogen and oxygen atoms in total. The van der Waals surface area contributed by atoms with Crippen LogP contribution in [0.25, 0.3) is 22.4 Å². The lowest BCUT2D eigenvalue weighted by Gasteiger charge is -2.21. The highest BCUT2D eigenvalue weighted by Crippen LogP contribution is 2.33. The molecule has 5 rings (SSSR count). The van der Waals surface area contributed by atoms with Crippen LogP contribution in [0.5, 0.6) is 0 Å². The average Bonchev–Trinajstić information content (AvgIpc) is 3.45. The zero-order valence-corrected chi connectivity index (χ0v) is 20.4. The number of benzene rings is 1. The molecular weight excluding hydrogens is 466 g/mol. The number of aryl methyl sites for hydroxylation is 3. The second-order valence-electron chi connectivity index (χ2n) is 8.75. The van der Waals surface area contributed by atoms with Crippen LogP contribution in [0.1, 0.15) is 43.9 Å². The summed E-state index contributed by atoms with van der Waals surface area (Å²) in [4.78, 5) is 44.1. The van der Waals surface area contributed by atoms with E-state index in [1.165, 1.54) is 0 Å². The summed E-state index contributed by atoms with van der Waals surface area (Å²) in [5.74, 6) is -0.713. The van der Waals surface area contributed by atoms with Gasteiger partial charge in [-0.2, -0.15) is 0 Å². The topological polar surface area (TPSA) is 126 Å². The molecule has 4 aromatic rings. The number of fused-ring (bicyclic) bond motifs is 1. The first kappa shape index (κ1) is 22.7. The predicted molar refractivity (Wildman–Crippen MR) is 131 cm³/mol. The quantitative estimate of drug-likeness (QED) is 0.366. The van der Waals surface area contributed by atoms with Crippen LogP contribution in [0.4, 0.5) is 4.79 Å². The number of nitrogens with one attached hydrogen (secondary N) is 3. The van der Waals surface area contributed by atoms with E-state index < -0.39 is 17.5 Å². The molecule has 0 aliphatic carbocycles. The molecule has 1 atom stereocenters. The van der Waals surface area contributed by atoms with Gasteiger partial charge in [0.15, 0.2) is 0 Å². The Bertz CT molecular complexity index is 1520. The summed E-state index contributed by atoms with van der Waals surface area (Å²) in [5.41, 5.74) is 3.17. The summed E-state index contributed by atoms with van der Waals surface area (Å²) >= 11 is 1.67. The molecule has 10 heteroatoms. The number of thiophene rings is 1. The Labute approximate surface area is 204 Å². The van der Waals surface area contributed by atoms with E-state index >= 15 is 0 Å². The molecule has 178 valence electrons. The van der Waals surface area contributed by atoms with E-state index in [2.05, 4.69) is 26.1 Å². The Kier molecular flexibility index (Phi) is 5.40. The van der Waals surface area contributed by atoms with Crippen LogP contribution in [0.3, 0.4) is 0 Å². The van der Waals surface area contributed by atoms with Crippen molar-refractivity contribution < 1.29 is 18.9 Å². The molecular formula is C25H23N5O4S. The number of carbonyl (C=O) groups excluding carboxylic acids is 3. The number of pyridine rings is 1. The molecule has 35 heavy (non-hydrogen) atoms. The van der Waals surface area contributed by atoms with Crippen LogP contribution in [-0.4, -0.2) is 28.0 Å². The van der Waals surface area contributed by atoms with Crippen molar-refractivity contribution in [3.05, 3.63) is 68.5 Å². The number of hydrogen-bond acceptors (Lipinski definition) is 7. The number of carbonyl (C=O) groups is 3. The lowest BCUT2D eigenvalue weighted by Crippen LogP contribution is -2.40. The molecule has 4 amide bonds. The number of urea groups is 1. The van der Waals surface area contributed by atoms with E-state index in [0.717, 1.165) is 20.9 Å². The van der Waals surface area contributed by atoms with E-state index in [4.69, 9.17) is 4.52 Å². The van der Waals surface area contributed by atoms with Crippen molar-refractivity contribution in [2.45, 2.75) is 39.8 Å². The minimum atomic E-state index is -1.17. The van der Waals surface area contributed by atoms with Crippen molar-refractivity contribution in [1.82, 2.24) is 26.1 Å². The third-order valence-corrected chi connectivity index (χ3v) is 7.15. The number of hydrogen-bond donors (Lipinski definition) is 3. The predicted octanol–water partition coefficient (Wildman–Crippen LogP) is 3.86. The molecule has 1 aliphatic heterocycles.